The minimum atomic E-state index is -0.550. The van der Waals surface area contributed by atoms with E-state index in [9.17, 15) is 9.59 Å². The van der Waals surface area contributed by atoms with Gasteiger partial charge in [0.15, 0.2) is 0 Å². The fraction of sp³-hybridized carbons (Fsp3) is 0.400. The molecule has 1 N–H and O–H groups in total. The van der Waals surface area contributed by atoms with Crippen LogP contribution in [0.15, 0.2) is 18.2 Å². The van der Waals surface area contributed by atoms with Crippen LogP contribution in [0.3, 0.4) is 0 Å². The fourth-order valence-corrected chi connectivity index (χ4v) is 3.52. The molecule has 134 valence electrons. The molecule has 0 saturated carbocycles. The average molecular weight is 359 g/mol. The van der Waals surface area contributed by atoms with E-state index in [0.717, 1.165) is 21.6 Å². The molecule has 1 aromatic carbocycles. The van der Waals surface area contributed by atoms with Crippen molar-refractivity contribution >= 4 is 28.2 Å². The first kappa shape index (κ1) is 19.2. The quantitative estimate of drug-likeness (QED) is 0.775. The first-order valence-corrected chi connectivity index (χ1v) is 8.98. The van der Waals surface area contributed by atoms with Gasteiger partial charge in [-0.3, -0.25) is 4.79 Å². The molecule has 0 fully saturated rings. The number of methoxy groups -OCH3 is 1. The van der Waals surface area contributed by atoms with Crippen LogP contribution in [-0.4, -0.2) is 19.0 Å². The van der Waals surface area contributed by atoms with Crippen LogP contribution >= 0.6 is 11.3 Å². The summed E-state index contributed by atoms with van der Waals surface area (Å²) >= 11 is 1.40. The molecule has 0 atom stereocenters. The van der Waals surface area contributed by atoms with Crippen molar-refractivity contribution in [3.63, 3.8) is 0 Å². The van der Waals surface area contributed by atoms with Crippen molar-refractivity contribution in [2.75, 3.05) is 12.4 Å². The van der Waals surface area contributed by atoms with Gasteiger partial charge in [0, 0.05) is 15.9 Å². The van der Waals surface area contributed by atoms with Crippen molar-refractivity contribution in [3.8, 4) is 11.1 Å². The van der Waals surface area contributed by atoms with Gasteiger partial charge in [-0.15, -0.1) is 11.3 Å². The molecule has 2 aromatic rings. The first-order valence-electron chi connectivity index (χ1n) is 8.17. The number of hydrogen-bond donors (Lipinski definition) is 1. The fourth-order valence-electron chi connectivity index (χ4n) is 2.46. The molecule has 0 aliphatic heterocycles. The molecule has 0 spiro atoms. The molecule has 2 rings (SSSR count). The van der Waals surface area contributed by atoms with Crippen molar-refractivity contribution in [1.82, 2.24) is 0 Å². The lowest BCUT2D eigenvalue weighted by Crippen LogP contribution is -2.28. The average Bonchev–Trinajstić information content (AvgIpc) is 2.84. The highest BCUT2D eigenvalue weighted by molar-refractivity contribution is 7.17. The molecular weight excluding hydrogens is 334 g/mol. The molecule has 5 heteroatoms. The van der Waals surface area contributed by atoms with Gasteiger partial charge in [0.1, 0.15) is 10.6 Å². The minimum Gasteiger partial charge on any atom is -0.465 e. The third-order valence-electron chi connectivity index (χ3n) is 4.18. The van der Waals surface area contributed by atoms with Gasteiger partial charge >= 0.3 is 5.97 Å². The summed E-state index contributed by atoms with van der Waals surface area (Å²) in [5.74, 6) is -0.577. The summed E-state index contributed by atoms with van der Waals surface area (Å²) < 4.78 is 4.99. The van der Waals surface area contributed by atoms with Gasteiger partial charge in [-0.1, -0.05) is 39.0 Å². The number of rotatable bonds is 3. The standard InChI is InChI=1S/C20H25NO3S/c1-11-8-9-14(10-12(11)2)15-13(3)25-17(16(15)18(22)24-7)21-19(23)20(4,5)6/h8-10H,1-7H3,(H,21,23). The van der Waals surface area contributed by atoms with Gasteiger partial charge in [-0.2, -0.15) is 0 Å². The molecule has 0 saturated heterocycles. The monoisotopic (exact) mass is 359 g/mol. The lowest BCUT2D eigenvalue weighted by molar-refractivity contribution is -0.123. The van der Waals surface area contributed by atoms with E-state index in [1.54, 1.807) is 0 Å². The Labute approximate surface area is 153 Å². The lowest BCUT2D eigenvalue weighted by Gasteiger charge is -2.17. The number of benzene rings is 1. The summed E-state index contributed by atoms with van der Waals surface area (Å²) in [6.07, 6.45) is 0. The van der Waals surface area contributed by atoms with Gasteiger partial charge in [0.05, 0.1) is 7.11 Å². The maximum absolute atomic E-state index is 12.5. The number of anilines is 1. The highest BCUT2D eigenvalue weighted by Gasteiger charge is 2.28. The van der Waals surface area contributed by atoms with E-state index in [4.69, 9.17) is 4.74 Å². The maximum atomic E-state index is 12.5. The third-order valence-corrected chi connectivity index (χ3v) is 5.20. The molecule has 0 aliphatic rings. The van der Waals surface area contributed by atoms with Crippen molar-refractivity contribution in [2.45, 2.75) is 41.5 Å². The molecule has 1 heterocycles. The summed E-state index contributed by atoms with van der Waals surface area (Å²) in [5, 5.41) is 3.44. The smallest absolute Gasteiger partial charge is 0.341 e. The van der Waals surface area contributed by atoms with Crippen LogP contribution in [-0.2, 0) is 9.53 Å². The lowest BCUT2D eigenvalue weighted by atomic mass is 9.95. The Kier molecular flexibility index (Phi) is 5.37. The molecule has 0 unspecified atom stereocenters. The normalized spacial score (nSPS) is 11.3. The summed E-state index contributed by atoms with van der Waals surface area (Å²) in [7, 11) is 1.36. The van der Waals surface area contributed by atoms with E-state index >= 15 is 0 Å². The molecule has 1 aromatic heterocycles. The number of carbonyl (C=O) groups is 2. The second-order valence-corrected chi connectivity index (χ2v) is 8.46. The highest BCUT2D eigenvalue weighted by atomic mass is 32.1. The predicted molar refractivity (Wildman–Crippen MR) is 103 cm³/mol. The molecule has 25 heavy (non-hydrogen) atoms. The number of esters is 1. The number of thiophene rings is 1. The predicted octanol–water partition coefficient (Wildman–Crippen LogP) is 5.11. The van der Waals surface area contributed by atoms with E-state index in [1.807, 2.05) is 46.8 Å². The summed E-state index contributed by atoms with van der Waals surface area (Å²) in [5.41, 5.74) is 3.99. The Morgan fingerprint density at radius 3 is 2.24 bits per heavy atom. The molecule has 4 nitrogen and oxygen atoms in total. The molecular formula is C20H25NO3S. The highest BCUT2D eigenvalue weighted by Crippen LogP contribution is 2.41. The zero-order valence-electron chi connectivity index (χ0n) is 15.9. The van der Waals surface area contributed by atoms with Crippen LogP contribution in [0.1, 0.15) is 47.1 Å². The van der Waals surface area contributed by atoms with Crippen molar-refractivity contribution in [1.29, 1.82) is 0 Å². The SMILES string of the molecule is COC(=O)c1c(NC(=O)C(C)(C)C)sc(C)c1-c1ccc(C)c(C)c1. The first-order chi connectivity index (χ1) is 11.6. The number of aryl methyl sites for hydroxylation is 3. The summed E-state index contributed by atoms with van der Waals surface area (Å²) in [6, 6.07) is 6.10. The van der Waals surface area contributed by atoms with E-state index < -0.39 is 11.4 Å². The van der Waals surface area contributed by atoms with Crippen molar-refractivity contribution in [3.05, 3.63) is 39.8 Å². The zero-order valence-corrected chi connectivity index (χ0v) is 16.7. The minimum absolute atomic E-state index is 0.134. The Morgan fingerprint density at radius 2 is 1.72 bits per heavy atom. The number of hydrogen-bond acceptors (Lipinski definition) is 4. The van der Waals surface area contributed by atoms with Crippen LogP contribution in [0.2, 0.25) is 0 Å². The Balaban J connectivity index is 2.62. The Bertz CT molecular complexity index is 828. The summed E-state index contributed by atoms with van der Waals surface area (Å²) in [4.78, 5) is 25.8. The molecule has 0 bridgehead atoms. The van der Waals surface area contributed by atoms with E-state index in [1.165, 1.54) is 24.0 Å². The van der Waals surface area contributed by atoms with Gasteiger partial charge in [-0.05, 0) is 37.5 Å². The van der Waals surface area contributed by atoms with Gasteiger partial charge in [0.25, 0.3) is 0 Å². The number of amides is 1. The zero-order chi connectivity index (χ0) is 18.9. The number of nitrogens with one attached hydrogen (secondary N) is 1. The van der Waals surface area contributed by atoms with Crippen LogP contribution in [0, 0.1) is 26.2 Å². The van der Waals surface area contributed by atoms with Crippen LogP contribution in [0.25, 0.3) is 11.1 Å². The van der Waals surface area contributed by atoms with E-state index in [2.05, 4.69) is 18.3 Å². The number of ether oxygens (including phenoxy) is 1. The van der Waals surface area contributed by atoms with Gasteiger partial charge in [-0.25, -0.2) is 4.79 Å². The van der Waals surface area contributed by atoms with Crippen LogP contribution in [0.4, 0.5) is 5.00 Å². The van der Waals surface area contributed by atoms with Gasteiger partial charge in [0.2, 0.25) is 5.91 Å². The van der Waals surface area contributed by atoms with Crippen LogP contribution in [0.5, 0.6) is 0 Å². The third kappa shape index (κ3) is 3.93. The molecule has 1 amide bonds. The van der Waals surface area contributed by atoms with Crippen LogP contribution < -0.4 is 5.32 Å². The molecule has 0 aliphatic carbocycles. The van der Waals surface area contributed by atoms with E-state index in [-0.39, 0.29) is 5.91 Å². The Morgan fingerprint density at radius 1 is 1.08 bits per heavy atom. The number of carbonyl (C=O) groups excluding carboxylic acids is 2. The largest absolute Gasteiger partial charge is 0.465 e. The van der Waals surface area contributed by atoms with Gasteiger partial charge < -0.3 is 10.1 Å². The summed E-state index contributed by atoms with van der Waals surface area (Å²) in [6.45, 7) is 11.6. The maximum Gasteiger partial charge on any atom is 0.341 e. The second-order valence-electron chi connectivity index (χ2n) is 7.23. The van der Waals surface area contributed by atoms with Crippen molar-refractivity contribution < 1.29 is 14.3 Å². The topological polar surface area (TPSA) is 55.4 Å². The Hall–Kier alpha value is -2.14. The molecule has 0 radical (unpaired) electrons. The van der Waals surface area contributed by atoms with Crippen molar-refractivity contribution in [2.24, 2.45) is 5.41 Å². The van der Waals surface area contributed by atoms with E-state index in [0.29, 0.717) is 10.6 Å². The second kappa shape index (κ2) is 7.00.